The molecule has 2 bridgehead atoms. The van der Waals surface area contributed by atoms with E-state index in [-0.39, 0.29) is 11.8 Å². The van der Waals surface area contributed by atoms with Gasteiger partial charge < -0.3 is 21.3 Å². The number of nitrogens with zero attached hydrogens (tertiary/aromatic N) is 4. The van der Waals surface area contributed by atoms with Crippen LogP contribution in [-0.2, 0) is 16.0 Å². The number of hydrogen-bond donors (Lipinski definition) is 4. The third-order valence-corrected chi connectivity index (χ3v) is 8.01. The van der Waals surface area contributed by atoms with Gasteiger partial charge in [-0.2, -0.15) is 5.10 Å². The maximum absolute atomic E-state index is 13.5. The average Bonchev–Trinajstić information content (AvgIpc) is 3.68. The van der Waals surface area contributed by atoms with Gasteiger partial charge in [0.25, 0.3) is 11.8 Å². The summed E-state index contributed by atoms with van der Waals surface area (Å²) in [5.41, 5.74) is 2.19. The van der Waals surface area contributed by atoms with Crippen LogP contribution in [0.15, 0.2) is 60.4 Å². The zero-order valence-corrected chi connectivity index (χ0v) is 23.9. The number of amides is 4. The normalized spacial score (nSPS) is 20.4. The van der Waals surface area contributed by atoms with Crippen LogP contribution in [-0.4, -0.2) is 61.8 Å². The Morgan fingerprint density at radius 3 is 2.67 bits per heavy atom. The van der Waals surface area contributed by atoms with Crippen molar-refractivity contribution >= 4 is 40.6 Å². The predicted octanol–water partition coefficient (Wildman–Crippen LogP) is 2.19. The maximum atomic E-state index is 13.5. The molecule has 4 N–H and O–H groups in total. The molecule has 3 aromatic heterocycles. The highest BCUT2D eigenvalue weighted by Gasteiger charge is 2.29. The van der Waals surface area contributed by atoms with Crippen LogP contribution in [0.5, 0.6) is 0 Å². The van der Waals surface area contributed by atoms with E-state index >= 15 is 0 Å². The van der Waals surface area contributed by atoms with Crippen molar-refractivity contribution in [2.24, 2.45) is 0 Å². The number of nitrogens with one attached hydrogen (secondary N) is 4. The van der Waals surface area contributed by atoms with Crippen molar-refractivity contribution in [2.75, 3.05) is 6.54 Å². The van der Waals surface area contributed by atoms with Gasteiger partial charge in [0.05, 0.1) is 11.6 Å². The fraction of sp³-hybridized carbons (Fsp3) is 0.345. The summed E-state index contributed by atoms with van der Waals surface area (Å²) in [7, 11) is 0. The molecule has 42 heavy (non-hydrogen) atoms. The summed E-state index contributed by atoms with van der Waals surface area (Å²) in [5, 5.41) is 17.9. The lowest BCUT2D eigenvalue weighted by molar-refractivity contribution is -0.130. The molecule has 0 saturated carbocycles. The molecule has 4 aromatic rings. The Hall–Kier alpha value is -4.65. The minimum Gasteiger partial charge on any atom is -0.351 e. The van der Waals surface area contributed by atoms with Gasteiger partial charge in [-0.3, -0.25) is 19.2 Å². The molecule has 218 valence electrons. The molecular weight excluding hydrogens is 556 g/mol. The van der Waals surface area contributed by atoms with Crippen LogP contribution in [0.4, 0.5) is 0 Å². The predicted molar refractivity (Wildman–Crippen MR) is 156 cm³/mol. The lowest BCUT2D eigenvalue weighted by Gasteiger charge is -2.25. The molecule has 0 saturated heterocycles. The molecule has 5 rings (SSSR count). The van der Waals surface area contributed by atoms with Crippen molar-refractivity contribution < 1.29 is 19.2 Å². The smallest absolute Gasteiger partial charge is 0.270 e. The molecule has 4 amide bonds. The largest absolute Gasteiger partial charge is 0.351 e. The van der Waals surface area contributed by atoms with E-state index in [9.17, 15) is 19.2 Å². The molecule has 3 atom stereocenters. The maximum Gasteiger partial charge on any atom is 0.270 e. The van der Waals surface area contributed by atoms with Gasteiger partial charge in [-0.05, 0) is 49.8 Å². The number of benzene rings is 1. The van der Waals surface area contributed by atoms with Crippen molar-refractivity contribution in [3.63, 3.8) is 0 Å². The van der Waals surface area contributed by atoms with Gasteiger partial charge in [0.2, 0.25) is 11.8 Å². The Morgan fingerprint density at radius 2 is 1.86 bits per heavy atom. The fourth-order valence-corrected chi connectivity index (χ4v) is 5.58. The quantitative estimate of drug-likeness (QED) is 0.278. The number of hydrogen-bond acceptors (Lipinski definition) is 8. The van der Waals surface area contributed by atoms with E-state index in [1.165, 1.54) is 22.2 Å². The second-order valence-electron chi connectivity index (χ2n) is 10.0. The monoisotopic (exact) mass is 588 g/mol. The third-order valence-electron chi connectivity index (χ3n) is 7.06. The minimum absolute atomic E-state index is 0.296. The summed E-state index contributed by atoms with van der Waals surface area (Å²) in [5.74, 6) is -1.58. The third kappa shape index (κ3) is 6.97. The summed E-state index contributed by atoms with van der Waals surface area (Å²) in [6.07, 6.45) is 5.17. The Morgan fingerprint density at radius 1 is 1.05 bits per heavy atom. The number of carbonyl (C=O) groups is 4. The van der Waals surface area contributed by atoms with Crippen molar-refractivity contribution in [2.45, 2.75) is 57.2 Å². The number of fused-ring (bicyclic) bond motifs is 3. The highest BCUT2D eigenvalue weighted by molar-refractivity contribution is 7.09. The van der Waals surface area contributed by atoms with E-state index in [1.807, 2.05) is 37.3 Å². The molecule has 13 heteroatoms. The molecule has 0 aliphatic carbocycles. The van der Waals surface area contributed by atoms with Crippen molar-refractivity contribution in [1.82, 2.24) is 40.8 Å². The highest BCUT2D eigenvalue weighted by Crippen LogP contribution is 2.23. The fourth-order valence-electron chi connectivity index (χ4n) is 4.73. The molecule has 0 spiro atoms. The molecule has 0 fully saturated rings. The Labute approximate surface area is 246 Å². The van der Waals surface area contributed by atoms with E-state index in [4.69, 9.17) is 0 Å². The van der Waals surface area contributed by atoms with E-state index < -0.39 is 29.9 Å². The minimum atomic E-state index is -0.895. The number of pyridine rings is 1. The van der Waals surface area contributed by atoms with Crippen molar-refractivity contribution in [3.05, 3.63) is 82.2 Å². The highest BCUT2D eigenvalue weighted by atomic mass is 32.1. The summed E-state index contributed by atoms with van der Waals surface area (Å²) in [6.45, 7) is 2.19. The van der Waals surface area contributed by atoms with Gasteiger partial charge in [-0.25, -0.2) is 14.5 Å². The first-order valence-electron chi connectivity index (χ1n) is 13.9. The molecular formula is C29H32N8O4S. The van der Waals surface area contributed by atoms with E-state index in [1.54, 1.807) is 23.7 Å². The lowest BCUT2D eigenvalue weighted by atomic mass is 10.0. The van der Waals surface area contributed by atoms with Crippen LogP contribution in [0.1, 0.15) is 70.1 Å². The van der Waals surface area contributed by atoms with Gasteiger partial charge in [0, 0.05) is 18.1 Å². The molecule has 1 aliphatic heterocycles. The molecule has 1 aromatic carbocycles. The van der Waals surface area contributed by atoms with Gasteiger partial charge in [-0.15, -0.1) is 11.3 Å². The second-order valence-corrected chi connectivity index (χ2v) is 10.9. The first-order valence-corrected chi connectivity index (χ1v) is 14.8. The summed E-state index contributed by atoms with van der Waals surface area (Å²) in [4.78, 5) is 61.5. The van der Waals surface area contributed by atoms with Crippen molar-refractivity contribution in [1.29, 1.82) is 0 Å². The number of aromatic nitrogens is 4. The van der Waals surface area contributed by atoms with Gasteiger partial charge in [0.1, 0.15) is 29.1 Å². The topological polar surface area (TPSA) is 159 Å². The van der Waals surface area contributed by atoms with Crippen LogP contribution >= 0.6 is 11.3 Å². The second kappa shape index (κ2) is 13.3. The lowest BCUT2D eigenvalue weighted by Crippen LogP contribution is -2.54. The van der Waals surface area contributed by atoms with Crippen molar-refractivity contribution in [3.8, 4) is 0 Å². The summed E-state index contributed by atoms with van der Waals surface area (Å²) >= 11 is 1.31. The molecule has 4 heterocycles. The molecule has 12 nitrogen and oxygen atoms in total. The van der Waals surface area contributed by atoms with Crippen LogP contribution in [0, 0.1) is 0 Å². The SMILES string of the molecule is CC[C@H]1NC(=O)[C@@H](NC(=O)c2ccc3ncnn3c2)CCCCNC(=O)c2csc(n2)[C@H](Cc2ccccc2)NC1=O. The summed E-state index contributed by atoms with van der Waals surface area (Å²) < 4.78 is 1.48. The van der Waals surface area contributed by atoms with Crippen LogP contribution in [0.3, 0.4) is 0 Å². The van der Waals surface area contributed by atoms with E-state index in [0.29, 0.717) is 60.6 Å². The van der Waals surface area contributed by atoms with E-state index in [0.717, 1.165) is 5.56 Å². The molecule has 0 radical (unpaired) electrons. The first kappa shape index (κ1) is 28.9. The molecule has 1 aliphatic rings. The Bertz CT molecular complexity index is 1570. The number of rotatable bonds is 5. The Kier molecular flexibility index (Phi) is 9.17. The van der Waals surface area contributed by atoms with Gasteiger partial charge in [-0.1, -0.05) is 37.3 Å². The van der Waals surface area contributed by atoms with Gasteiger partial charge in [0.15, 0.2) is 5.65 Å². The van der Waals surface area contributed by atoms with Crippen LogP contribution in [0.25, 0.3) is 5.65 Å². The molecule has 0 unspecified atom stereocenters. The summed E-state index contributed by atoms with van der Waals surface area (Å²) in [6, 6.07) is 10.7. The Balaban J connectivity index is 1.36. The zero-order chi connectivity index (χ0) is 29.5. The number of carbonyl (C=O) groups excluding carboxylic acids is 4. The van der Waals surface area contributed by atoms with Crippen LogP contribution in [0.2, 0.25) is 0 Å². The number of thiazole rings is 1. The first-order chi connectivity index (χ1) is 20.4. The van der Waals surface area contributed by atoms with Crippen LogP contribution < -0.4 is 21.3 Å². The standard InChI is InChI=1S/C29H32N8O4S/c1-2-20-27(40)35-22(14-18-8-4-3-5-9-18)29-36-23(16-42-29)26(39)30-13-7-6-10-21(28(41)33-20)34-25(38)19-11-12-24-31-17-32-37(24)15-19/h3-5,8-9,11-12,15-17,20-22H,2,6-7,10,13-14H2,1H3,(H,30,39)(H,33,41)(H,34,38)(H,35,40)/t20-,21+,22+/m1/s1. The zero-order valence-electron chi connectivity index (χ0n) is 23.1. The average molecular weight is 589 g/mol. The van der Waals surface area contributed by atoms with Gasteiger partial charge >= 0.3 is 0 Å². The van der Waals surface area contributed by atoms with E-state index in [2.05, 4.69) is 36.3 Å².